The largest absolute Gasteiger partial charge is 0.322 e. The van der Waals surface area contributed by atoms with Crippen molar-refractivity contribution in [3.05, 3.63) is 29.6 Å². The zero-order chi connectivity index (χ0) is 10.7. The number of aryl methyl sites for hydroxylation is 1. The Morgan fingerprint density at radius 3 is 2.60 bits per heavy atom. The van der Waals surface area contributed by atoms with Crippen LogP contribution in [-0.4, -0.2) is 11.9 Å². The fraction of sp³-hybridized carbons (Fsp3) is 0.300. The highest BCUT2D eigenvalue weighted by Gasteiger charge is 2.10. The molecule has 1 atom stereocenters. The van der Waals surface area contributed by atoms with Crippen LogP contribution in [0.4, 0.5) is 10.1 Å². The molecule has 0 aliphatic rings. The fourth-order valence-electron chi connectivity index (χ4n) is 0.968. The Balaban J connectivity index is 0.00000196. The number of carbonyl (C=O) groups excluding carboxylic acids is 1. The number of halogens is 2. The van der Waals surface area contributed by atoms with Gasteiger partial charge in [-0.25, -0.2) is 4.39 Å². The van der Waals surface area contributed by atoms with Gasteiger partial charge in [-0.15, -0.1) is 12.4 Å². The lowest BCUT2D eigenvalue weighted by molar-refractivity contribution is -0.117. The number of amides is 1. The normalized spacial score (nSPS) is 11.5. The minimum absolute atomic E-state index is 0. The van der Waals surface area contributed by atoms with E-state index >= 15 is 0 Å². The smallest absolute Gasteiger partial charge is 0.241 e. The number of hydrogen-bond acceptors (Lipinski definition) is 2. The van der Waals surface area contributed by atoms with Gasteiger partial charge in [0.15, 0.2) is 0 Å². The number of carbonyl (C=O) groups is 1. The fourth-order valence-corrected chi connectivity index (χ4v) is 0.968. The van der Waals surface area contributed by atoms with E-state index in [2.05, 4.69) is 5.32 Å². The van der Waals surface area contributed by atoms with Gasteiger partial charge in [-0.2, -0.15) is 0 Å². The lowest BCUT2D eigenvalue weighted by Crippen LogP contribution is -2.32. The molecule has 0 saturated heterocycles. The van der Waals surface area contributed by atoms with Crippen molar-refractivity contribution in [2.45, 2.75) is 19.9 Å². The summed E-state index contributed by atoms with van der Waals surface area (Å²) >= 11 is 0. The van der Waals surface area contributed by atoms with Gasteiger partial charge in [-0.05, 0) is 31.5 Å². The second kappa shape index (κ2) is 5.68. The van der Waals surface area contributed by atoms with Crippen LogP contribution in [0.2, 0.25) is 0 Å². The highest BCUT2D eigenvalue weighted by Crippen LogP contribution is 2.15. The predicted octanol–water partition coefficient (Wildman–Crippen LogP) is 1.84. The number of benzene rings is 1. The number of rotatable bonds is 2. The van der Waals surface area contributed by atoms with E-state index in [4.69, 9.17) is 5.73 Å². The Labute approximate surface area is 94.3 Å². The standard InChI is InChI=1S/C10H13FN2O.ClH/c1-6-3-4-9(8(11)5-6)13-10(14)7(2)12;/h3-5,7H,12H2,1-2H3,(H,13,14);1H/t7-;/m1./s1. The monoisotopic (exact) mass is 232 g/mol. The second-order valence-corrected chi connectivity index (χ2v) is 3.26. The predicted molar refractivity (Wildman–Crippen MR) is 60.7 cm³/mol. The minimum Gasteiger partial charge on any atom is -0.322 e. The van der Waals surface area contributed by atoms with E-state index in [1.807, 2.05) is 0 Å². The average Bonchev–Trinajstić information content (AvgIpc) is 2.09. The quantitative estimate of drug-likeness (QED) is 0.818. The van der Waals surface area contributed by atoms with Gasteiger partial charge in [0.2, 0.25) is 5.91 Å². The molecule has 1 rings (SSSR count). The van der Waals surface area contributed by atoms with Crippen molar-refractivity contribution >= 4 is 24.0 Å². The molecule has 0 unspecified atom stereocenters. The molecule has 3 nitrogen and oxygen atoms in total. The van der Waals surface area contributed by atoms with Gasteiger partial charge in [-0.1, -0.05) is 6.07 Å². The summed E-state index contributed by atoms with van der Waals surface area (Å²) in [6.07, 6.45) is 0. The maximum atomic E-state index is 13.2. The molecule has 15 heavy (non-hydrogen) atoms. The van der Waals surface area contributed by atoms with Crippen LogP contribution in [0.5, 0.6) is 0 Å². The van der Waals surface area contributed by atoms with Crippen LogP contribution in [0.1, 0.15) is 12.5 Å². The number of nitrogens with two attached hydrogens (primary N) is 1. The van der Waals surface area contributed by atoms with Crippen molar-refractivity contribution in [1.29, 1.82) is 0 Å². The van der Waals surface area contributed by atoms with Gasteiger partial charge >= 0.3 is 0 Å². The molecule has 0 aliphatic carbocycles. The van der Waals surface area contributed by atoms with E-state index < -0.39 is 17.8 Å². The van der Waals surface area contributed by atoms with Crippen molar-refractivity contribution in [2.75, 3.05) is 5.32 Å². The Morgan fingerprint density at radius 2 is 2.13 bits per heavy atom. The molecule has 0 saturated carbocycles. The molecule has 1 amide bonds. The topological polar surface area (TPSA) is 55.1 Å². The first-order chi connectivity index (χ1) is 6.50. The van der Waals surface area contributed by atoms with E-state index in [0.717, 1.165) is 5.56 Å². The highest BCUT2D eigenvalue weighted by atomic mass is 35.5. The summed E-state index contributed by atoms with van der Waals surface area (Å²) in [6.45, 7) is 3.32. The van der Waals surface area contributed by atoms with Gasteiger partial charge in [-0.3, -0.25) is 4.79 Å². The van der Waals surface area contributed by atoms with Crippen molar-refractivity contribution in [2.24, 2.45) is 5.73 Å². The van der Waals surface area contributed by atoms with E-state index in [9.17, 15) is 9.18 Å². The molecule has 5 heteroatoms. The number of nitrogens with one attached hydrogen (secondary N) is 1. The summed E-state index contributed by atoms with van der Waals surface area (Å²) < 4.78 is 13.2. The van der Waals surface area contributed by atoms with Crippen molar-refractivity contribution in [1.82, 2.24) is 0 Å². The molecule has 0 aliphatic heterocycles. The first kappa shape index (κ1) is 13.9. The number of hydrogen-bond donors (Lipinski definition) is 2. The highest BCUT2D eigenvalue weighted by molar-refractivity contribution is 5.94. The molecular formula is C10H14ClFN2O. The van der Waals surface area contributed by atoms with Crippen molar-refractivity contribution in [3.8, 4) is 0 Å². The summed E-state index contributed by atoms with van der Waals surface area (Å²) in [6, 6.07) is 3.96. The van der Waals surface area contributed by atoms with Crippen LogP contribution < -0.4 is 11.1 Å². The van der Waals surface area contributed by atoms with Crippen LogP contribution >= 0.6 is 12.4 Å². The summed E-state index contributed by atoms with van der Waals surface area (Å²) in [4.78, 5) is 11.1. The van der Waals surface area contributed by atoms with E-state index in [-0.39, 0.29) is 18.1 Å². The number of anilines is 1. The van der Waals surface area contributed by atoms with E-state index in [0.29, 0.717) is 0 Å². The van der Waals surface area contributed by atoms with E-state index in [1.165, 1.54) is 12.1 Å². The first-order valence-corrected chi connectivity index (χ1v) is 4.33. The van der Waals surface area contributed by atoms with Crippen LogP contribution in [0.25, 0.3) is 0 Å². The second-order valence-electron chi connectivity index (χ2n) is 3.26. The zero-order valence-corrected chi connectivity index (χ0v) is 9.40. The maximum Gasteiger partial charge on any atom is 0.241 e. The third-order valence-corrected chi connectivity index (χ3v) is 1.80. The van der Waals surface area contributed by atoms with Crippen LogP contribution in [-0.2, 0) is 4.79 Å². The molecule has 0 aromatic heterocycles. The van der Waals surface area contributed by atoms with Crippen LogP contribution in [0.3, 0.4) is 0 Å². The molecule has 1 aromatic rings. The molecule has 84 valence electrons. The lowest BCUT2D eigenvalue weighted by atomic mass is 10.2. The first-order valence-electron chi connectivity index (χ1n) is 4.33. The Bertz CT molecular complexity index is 355. The van der Waals surface area contributed by atoms with Gasteiger partial charge in [0.1, 0.15) is 5.82 Å². The Hall–Kier alpha value is -1.13. The molecule has 0 radical (unpaired) electrons. The van der Waals surface area contributed by atoms with E-state index in [1.54, 1.807) is 19.9 Å². The SMILES string of the molecule is Cc1ccc(NC(=O)[C@@H](C)N)c(F)c1.Cl. The molecule has 0 fully saturated rings. The molecule has 1 aromatic carbocycles. The molecule has 0 bridgehead atoms. The minimum atomic E-state index is -0.643. The van der Waals surface area contributed by atoms with Gasteiger partial charge < -0.3 is 11.1 Å². The average molecular weight is 233 g/mol. The summed E-state index contributed by atoms with van der Waals surface area (Å²) in [5.74, 6) is -0.841. The van der Waals surface area contributed by atoms with Crippen LogP contribution in [0.15, 0.2) is 18.2 Å². The third-order valence-electron chi connectivity index (χ3n) is 1.80. The molecule has 0 spiro atoms. The third kappa shape index (κ3) is 3.85. The van der Waals surface area contributed by atoms with Gasteiger partial charge in [0.25, 0.3) is 0 Å². The van der Waals surface area contributed by atoms with Gasteiger partial charge in [0, 0.05) is 0 Å². The van der Waals surface area contributed by atoms with Crippen molar-refractivity contribution < 1.29 is 9.18 Å². The maximum absolute atomic E-state index is 13.2. The van der Waals surface area contributed by atoms with Crippen molar-refractivity contribution in [3.63, 3.8) is 0 Å². The van der Waals surface area contributed by atoms with Gasteiger partial charge in [0.05, 0.1) is 11.7 Å². The molecular weight excluding hydrogens is 219 g/mol. The molecule has 0 heterocycles. The lowest BCUT2D eigenvalue weighted by Gasteiger charge is -2.08. The zero-order valence-electron chi connectivity index (χ0n) is 8.58. The summed E-state index contributed by atoms with van der Waals surface area (Å²) in [5.41, 5.74) is 6.30. The summed E-state index contributed by atoms with van der Waals surface area (Å²) in [5, 5.41) is 2.40. The summed E-state index contributed by atoms with van der Waals surface area (Å²) in [7, 11) is 0. The molecule has 3 N–H and O–H groups in total. The Morgan fingerprint density at radius 1 is 1.53 bits per heavy atom. The van der Waals surface area contributed by atoms with Crippen LogP contribution in [0, 0.1) is 12.7 Å². The Kier molecular flexibility index (Phi) is 5.25.